The average Bonchev–Trinajstić information content (AvgIpc) is 2.72. The van der Waals surface area contributed by atoms with Crippen LogP contribution in [0.4, 0.5) is 5.69 Å². The Morgan fingerprint density at radius 2 is 1.79 bits per heavy atom. The summed E-state index contributed by atoms with van der Waals surface area (Å²) in [4.78, 5) is 27.7. The number of ketones is 1. The van der Waals surface area contributed by atoms with E-state index in [0.29, 0.717) is 6.42 Å². The van der Waals surface area contributed by atoms with E-state index in [9.17, 15) is 14.7 Å². The SMILES string of the molecule is C=C=CCC(C)OC(=O)c1ccccc1C(=O)c1ccc(N(CC)CC)cc1O. The van der Waals surface area contributed by atoms with E-state index in [1.54, 1.807) is 55.5 Å². The van der Waals surface area contributed by atoms with Crippen LogP contribution in [0.3, 0.4) is 0 Å². The van der Waals surface area contributed by atoms with Gasteiger partial charge in [0.2, 0.25) is 0 Å². The van der Waals surface area contributed by atoms with Crippen molar-refractivity contribution >= 4 is 17.4 Å². The van der Waals surface area contributed by atoms with Gasteiger partial charge in [0.25, 0.3) is 0 Å². The monoisotopic (exact) mass is 393 g/mol. The van der Waals surface area contributed by atoms with Gasteiger partial charge in [0, 0.05) is 36.8 Å². The van der Waals surface area contributed by atoms with Crippen LogP contribution in [0.1, 0.15) is 53.5 Å². The molecule has 0 radical (unpaired) electrons. The van der Waals surface area contributed by atoms with Gasteiger partial charge < -0.3 is 14.7 Å². The third-order valence-corrected chi connectivity index (χ3v) is 4.65. The Hall–Kier alpha value is -3.30. The number of benzene rings is 2. The van der Waals surface area contributed by atoms with Crippen molar-refractivity contribution in [2.24, 2.45) is 0 Å². The van der Waals surface area contributed by atoms with E-state index in [1.807, 2.05) is 13.8 Å². The maximum Gasteiger partial charge on any atom is 0.339 e. The van der Waals surface area contributed by atoms with Crippen molar-refractivity contribution in [2.45, 2.75) is 33.3 Å². The van der Waals surface area contributed by atoms with Gasteiger partial charge in [-0.15, -0.1) is 5.73 Å². The lowest BCUT2D eigenvalue weighted by Crippen LogP contribution is -2.21. The third-order valence-electron chi connectivity index (χ3n) is 4.65. The molecule has 1 atom stereocenters. The number of esters is 1. The highest BCUT2D eigenvalue weighted by atomic mass is 16.5. The van der Waals surface area contributed by atoms with Gasteiger partial charge in [-0.1, -0.05) is 24.8 Å². The summed E-state index contributed by atoms with van der Waals surface area (Å²) in [6, 6.07) is 11.4. The molecule has 0 aromatic heterocycles. The quantitative estimate of drug-likeness (QED) is 0.378. The van der Waals surface area contributed by atoms with Crippen LogP contribution in [0.15, 0.2) is 60.9 Å². The Labute approximate surface area is 171 Å². The van der Waals surface area contributed by atoms with Crippen molar-refractivity contribution < 1.29 is 19.4 Å². The number of hydrogen-bond donors (Lipinski definition) is 1. The molecule has 0 aliphatic carbocycles. The lowest BCUT2D eigenvalue weighted by molar-refractivity contribution is 0.0346. The number of carbonyl (C=O) groups is 2. The second-order valence-corrected chi connectivity index (χ2v) is 6.61. The normalized spacial score (nSPS) is 11.3. The molecular weight excluding hydrogens is 366 g/mol. The summed E-state index contributed by atoms with van der Waals surface area (Å²) in [6.45, 7) is 10.9. The van der Waals surface area contributed by atoms with E-state index in [0.717, 1.165) is 18.8 Å². The summed E-state index contributed by atoms with van der Waals surface area (Å²) in [7, 11) is 0. The van der Waals surface area contributed by atoms with Crippen LogP contribution in [0.5, 0.6) is 5.75 Å². The fraction of sp³-hybridized carbons (Fsp3) is 0.292. The Morgan fingerprint density at radius 3 is 2.38 bits per heavy atom. The van der Waals surface area contributed by atoms with Crippen LogP contribution >= 0.6 is 0 Å². The molecule has 1 N–H and O–H groups in total. The van der Waals surface area contributed by atoms with E-state index in [4.69, 9.17) is 4.74 Å². The molecule has 0 amide bonds. The highest BCUT2D eigenvalue weighted by molar-refractivity contribution is 6.15. The zero-order valence-electron chi connectivity index (χ0n) is 17.1. The molecule has 2 rings (SSSR count). The molecule has 0 saturated heterocycles. The molecule has 0 aliphatic rings. The molecule has 1 unspecified atom stereocenters. The first-order chi connectivity index (χ1) is 13.9. The van der Waals surface area contributed by atoms with Gasteiger partial charge in [-0.25, -0.2) is 4.79 Å². The number of nitrogens with zero attached hydrogens (tertiary/aromatic N) is 1. The fourth-order valence-corrected chi connectivity index (χ4v) is 3.05. The first-order valence-corrected chi connectivity index (χ1v) is 9.69. The molecule has 0 fully saturated rings. The molecule has 0 heterocycles. The molecule has 5 nitrogen and oxygen atoms in total. The summed E-state index contributed by atoms with van der Waals surface area (Å²) >= 11 is 0. The Balaban J connectivity index is 2.32. The number of rotatable bonds is 9. The molecule has 0 saturated carbocycles. The first-order valence-electron chi connectivity index (χ1n) is 9.69. The molecule has 29 heavy (non-hydrogen) atoms. The molecule has 2 aromatic carbocycles. The highest BCUT2D eigenvalue weighted by Gasteiger charge is 2.22. The molecule has 0 aliphatic heterocycles. The summed E-state index contributed by atoms with van der Waals surface area (Å²) in [5, 5.41) is 10.5. The molecule has 5 heteroatoms. The smallest absolute Gasteiger partial charge is 0.339 e. The standard InChI is InChI=1S/C24H27NO4/c1-5-8-11-17(4)29-24(28)20-13-10-9-12-19(20)23(27)21-15-14-18(16-22(21)26)25(6-2)7-3/h8-10,12-17,26H,1,6-7,11H2,2-4H3. The fourth-order valence-electron chi connectivity index (χ4n) is 3.05. The number of phenols is 1. The molecular formula is C24H27NO4. The zero-order valence-corrected chi connectivity index (χ0v) is 17.1. The number of hydrogen-bond acceptors (Lipinski definition) is 5. The Kier molecular flexibility index (Phi) is 7.81. The van der Waals surface area contributed by atoms with Gasteiger partial charge in [-0.3, -0.25) is 4.79 Å². The maximum atomic E-state index is 13.1. The van der Waals surface area contributed by atoms with Gasteiger partial charge in [0.1, 0.15) is 11.9 Å². The van der Waals surface area contributed by atoms with E-state index < -0.39 is 11.8 Å². The number of phenolic OH excluding ortho intramolecular Hbond substituents is 1. The predicted octanol–water partition coefficient (Wildman–Crippen LogP) is 4.75. The summed E-state index contributed by atoms with van der Waals surface area (Å²) < 4.78 is 5.42. The van der Waals surface area contributed by atoms with Crippen molar-refractivity contribution in [3.8, 4) is 5.75 Å². The summed E-state index contributed by atoms with van der Waals surface area (Å²) in [6.07, 6.45) is 1.80. The predicted molar refractivity (Wildman–Crippen MR) is 115 cm³/mol. The van der Waals surface area contributed by atoms with E-state index in [1.165, 1.54) is 0 Å². The minimum absolute atomic E-state index is 0.118. The van der Waals surface area contributed by atoms with Crippen molar-refractivity contribution in [1.29, 1.82) is 0 Å². The molecule has 0 bridgehead atoms. The lowest BCUT2D eigenvalue weighted by atomic mass is 9.97. The number of anilines is 1. The van der Waals surface area contributed by atoms with Crippen molar-refractivity contribution in [3.05, 3.63) is 77.5 Å². The average molecular weight is 393 g/mol. The third kappa shape index (κ3) is 5.37. The number of ether oxygens (including phenoxy) is 1. The first kappa shape index (κ1) is 22.0. The summed E-state index contributed by atoms with van der Waals surface area (Å²) in [5.74, 6) is -1.13. The molecule has 2 aromatic rings. The Morgan fingerprint density at radius 1 is 1.14 bits per heavy atom. The molecule has 0 spiro atoms. The van der Waals surface area contributed by atoms with Crippen LogP contribution in [0.2, 0.25) is 0 Å². The van der Waals surface area contributed by atoms with Gasteiger partial charge in [-0.05, 0) is 45.0 Å². The van der Waals surface area contributed by atoms with Gasteiger partial charge in [0.15, 0.2) is 5.78 Å². The van der Waals surface area contributed by atoms with Crippen molar-refractivity contribution in [3.63, 3.8) is 0 Å². The van der Waals surface area contributed by atoms with Crippen molar-refractivity contribution in [1.82, 2.24) is 0 Å². The summed E-state index contributed by atoms with van der Waals surface area (Å²) in [5.41, 5.74) is 3.97. The largest absolute Gasteiger partial charge is 0.507 e. The van der Waals surface area contributed by atoms with Crippen LogP contribution in [0, 0.1) is 0 Å². The minimum atomic E-state index is -0.585. The van der Waals surface area contributed by atoms with Gasteiger partial charge in [-0.2, -0.15) is 0 Å². The van der Waals surface area contributed by atoms with E-state index in [-0.39, 0.29) is 28.5 Å². The molecule has 152 valence electrons. The zero-order chi connectivity index (χ0) is 21.4. The topological polar surface area (TPSA) is 66.8 Å². The second-order valence-electron chi connectivity index (χ2n) is 6.61. The van der Waals surface area contributed by atoms with Crippen LogP contribution in [-0.4, -0.2) is 36.1 Å². The van der Waals surface area contributed by atoms with Crippen LogP contribution < -0.4 is 4.90 Å². The maximum absolute atomic E-state index is 13.1. The van der Waals surface area contributed by atoms with Gasteiger partial charge >= 0.3 is 5.97 Å². The number of aromatic hydroxyl groups is 1. The second kappa shape index (κ2) is 10.3. The highest BCUT2D eigenvalue weighted by Crippen LogP contribution is 2.28. The Bertz CT molecular complexity index is 924. The van der Waals surface area contributed by atoms with Crippen molar-refractivity contribution in [2.75, 3.05) is 18.0 Å². The minimum Gasteiger partial charge on any atom is -0.507 e. The van der Waals surface area contributed by atoms with E-state index >= 15 is 0 Å². The van der Waals surface area contributed by atoms with Crippen LogP contribution in [0.25, 0.3) is 0 Å². The van der Waals surface area contributed by atoms with E-state index in [2.05, 4.69) is 17.2 Å². The lowest BCUT2D eigenvalue weighted by Gasteiger charge is -2.21. The van der Waals surface area contributed by atoms with Gasteiger partial charge in [0.05, 0.1) is 11.1 Å². The number of carbonyl (C=O) groups excluding carboxylic acids is 2. The van der Waals surface area contributed by atoms with Crippen LogP contribution in [-0.2, 0) is 4.74 Å².